The van der Waals surface area contributed by atoms with Crippen LogP contribution in [-0.4, -0.2) is 38.0 Å². The Balaban J connectivity index is 1.72. The highest BCUT2D eigenvalue weighted by molar-refractivity contribution is 5.97. The number of methoxy groups -OCH3 is 2. The lowest BCUT2D eigenvalue weighted by atomic mass is 9.98. The van der Waals surface area contributed by atoms with Crippen molar-refractivity contribution in [2.75, 3.05) is 27.3 Å². The molecule has 0 bridgehead atoms. The van der Waals surface area contributed by atoms with Crippen molar-refractivity contribution in [2.24, 2.45) is 0 Å². The minimum Gasteiger partial charge on any atom is -0.493 e. The Labute approximate surface area is 143 Å². The van der Waals surface area contributed by atoms with Gasteiger partial charge in [-0.2, -0.15) is 0 Å². The first kappa shape index (κ1) is 16.5. The average Bonchev–Trinajstić information content (AvgIpc) is 2.60. The molecule has 3 rings (SSSR count). The molecule has 1 aliphatic rings. The van der Waals surface area contributed by atoms with E-state index in [0.29, 0.717) is 6.54 Å². The second-order valence-electron chi connectivity index (χ2n) is 6.23. The molecule has 0 fully saturated rings. The van der Waals surface area contributed by atoms with Gasteiger partial charge in [0, 0.05) is 18.7 Å². The summed E-state index contributed by atoms with van der Waals surface area (Å²) >= 11 is 0. The van der Waals surface area contributed by atoms with Gasteiger partial charge < -0.3 is 9.47 Å². The van der Waals surface area contributed by atoms with E-state index < -0.39 is 0 Å². The average molecular weight is 325 g/mol. The van der Waals surface area contributed by atoms with Crippen LogP contribution in [0.4, 0.5) is 0 Å². The van der Waals surface area contributed by atoms with Crippen LogP contribution in [0.1, 0.15) is 27.0 Å². The maximum Gasteiger partial charge on any atom is 0.176 e. The number of carbonyl (C=O) groups excluding carboxylic acids is 1. The third-order valence-electron chi connectivity index (χ3n) is 4.54. The first-order valence-electron chi connectivity index (χ1n) is 8.16. The fourth-order valence-electron chi connectivity index (χ4n) is 3.11. The van der Waals surface area contributed by atoms with E-state index in [1.807, 2.05) is 43.3 Å². The molecule has 0 amide bonds. The van der Waals surface area contributed by atoms with E-state index in [0.717, 1.165) is 36.6 Å². The maximum absolute atomic E-state index is 12.5. The SMILES string of the molecule is COc1cc2c(cc1OC)CN(CC(=O)c1ccc(C)cc1)CC2. The largest absolute Gasteiger partial charge is 0.493 e. The first-order chi connectivity index (χ1) is 11.6. The van der Waals surface area contributed by atoms with Crippen molar-refractivity contribution >= 4 is 5.78 Å². The van der Waals surface area contributed by atoms with Crippen LogP contribution in [0.15, 0.2) is 36.4 Å². The Bertz CT molecular complexity index is 737. The van der Waals surface area contributed by atoms with E-state index in [4.69, 9.17) is 9.47 Å². The summed E-state index contributed by atoms with van der Waals surface area (Å²) in [4.78, 5) is 14.7. The number of Topliss-reactive ketones (excluding diaryl/α,β-unsaturated/α-hetero) is 1. The molecule has 2 aromatic carbocycles. The van der Waals surface area contributed by atoms with Crippen LogP contribution in [0.2, 0.25) is 0 Å². The highest BCUT2D eigenvalue weighted by atomic mass is 16.5. The van der Waals surface area contributed by atoms with E-state index in [1.165, 1.54) is 16.7 Å². The lowest BCUT2D eigenvalue weighted by molar-refractivity contribution is 0.0921. The monoisotopic (exact) mass is 325 g/mol. The van der Waals surface area contributed by atoms with Crippen LogP contribution in [0, 0.1) is 6.92 Å². The number of ether oxygens (including phenoxy) is 2. The number of carbonyl (C=O) groups is 1. The molecule has 4 nitrogen and oxygen atoms in total. The van der Waals surface area contributed by atoms with Crippen molar-refractivity contribution in [2.45, 2.75) is 19.9 Å². The zero-order chi connectivity index (χ0) is 17.1. The molecule has 0 saturated heterocycles. The number of ketones is 1. The highest BCUT2D eigenvalue weighted by Crippen LogP contribution is 2.33. The van der Waals surface area contributed by atoms with Crippen molar-refractivity contribution in [3.63, 3.8) is 0 Å². The standard InChI is InChI=1S/C20H23NO3/c1-14-4-6-15(7-5-14)18(22)13-21-9-8-16-10-19(23-2)20(24-3)11-17(16)12-21/h4-7,10-11H,8-9,12-13H2,1-3H3. The normalized spacial score (nSPS) is 14.1. The van der Waals surface area contributed by atoms with Crippen molar-refractivity contribution in [3.05, 3.63) is 58.7 Å². The van der Waals surface area contributed by atoms with Gasteiger partial charge in [-0.15, -0.1) is 0 Å². The molecule has 0 aromatic heterocycles. The molecule has 1 aliphatic heterocycles. The third-order valence-corrected chi connectivity index (χ3v) is 4.54. The molecule has 0 atom stereocenters. The number of nitrogens with zero attached hydrogens (tertiary/aromatic N) is 1. The van der Waals surface area contributed by atoms with Crippen molar-refractivity contribution in [1.29, 1.82) is 0 Å². The predicted molar refractivity (Wildman–Crippen MR) is 94.0 cm³/mol. The summed E-state index contributed by atoms with van der Waals surface area (Å²) < 4.78 is 10.8. The first-order valence-corrected chi connectivity index (χ1v) is 8.16. The smallest absolute Gasteiger partial charge is 0.176 e. The van der Waals surface area contributed by atoms with Gasteiger partial charge in [-0.25, -0.2) is 0 Å². The molecule has 0 radical (unpaired) electrons. The molecule has 1 heterocycles. The number of hydrogen-bond donors (Lipinski definition) is 0. The molecule has 0 unspecified atom stereocenters. The van der Waals surface area contributed by atoms with Gasteiger partial charge in [0.2, 0.25) is 0 Å². The van der Waals surface area contributed by atoms with Crippen LogP contribution in [0.3, 0.4) is 0 Å². The van der Waals surface area contributed by atoms with Crippen molar-refractivity contribution in [3.8, 4) is 11.5 Å². The van der Waals surface area contributed by atoms with Gasteiger partial charge in [0.05, 0.1) is 20.8 Å². The number of rotatable bonds is 5. The number of fused-ring (bicyclic) bond motifs is 1. The second-order valence-corrected chi connectivity index (χ2v) is 6.23. The number of aryl methyl sites for hydroxylation is 1. The molecular weight excluding hydrogens is 302 g/mol. The van der Waals surface area contributed by atoms with Crippen LogP contribution < -0.4 is 9.47 Å². The molecular formula is C20H23NO3. The Morgan fingerprint density at radius 1 is 1.04 bits per heavy atom. The van der Waals surface area contributed by atoms with Gasteiger partial charge in [-0.3, -0.25) is 9.69 Å². The van der Waals surface area contributed by atoms with E-state index in [1.54, 1.807) is 14.2 Å². The summed E-state index contributed by atoms with van der Waals surface area (Å²) in [6.45, 7) is 4.10. The van der Waals surface area contributed by atoms with Crippen LogP contribution in [0.5, 0.6) is 11.5 Å². The van der Waals surface area contributed by atoms with Gasteiger partial charge in [-0.05, 0) is 36.6 Å². The topological polar surface area (TPSA) is 38.8 Å². The van der Waals surface area contributed by atoms with E-state index in [-0.39, 0.29) is 5.78 Å². The fraction of sp³-hybridized carbons (Fsp3) is 0.350. The van der Waals surface area contributed by atoms with Gasteiger partial charge in [0.1, 0.15) is 0 Å². The summed E-state index contributed by atoms with van der Waals surface area (Å²) in [6, 6.07) is 11.8. The number of hydrogen-bond acceptors (Lipinski definition) is 4. The molecule has 0 aliphatic carbocycles. The molecule has 0 saturated carbocycles. The van der Waals surface area contributed by atoms with Crippen LogP contribution in [0.25, 0.3) is 0 Å². The fourth-order valence-corrected chi connectivity index (χ4v) is 3.11. The Morgan fingerprint density at radius 2 is 1.67 bits per heavy atom. The summed E-state index contributed by atoms with van der Waals surface area (Å²) in [5.74, 6) is 1.67. The number of benzene rings is 2. The third kappa shape index (κ3) is 3.44. The summed E-state index contributed by atoms with van der Waals surface area (Å²) in [5, 5.41) is 0. The van der Waals surface area contributed by atoms with Crippen LogP contribution in [-0.2, 0) is 13.0 Å². The second kappa shape index (κ2) is 7.05. The Morgan fingerprint density at radius 3 is 2.29 bits per heavy atom. The molecule has 2 aromatic rings. The summed E-state index contributed by atoms with van der Waals surface area (Å²) in [6.07, 6.45) is 0.914. The minimum atomic E-state index is 0.166. The van der Waals surface area contributed by atoms with Gasteiger partial charge in [0.25, 0.3) is 0 Å². The van der Waals surface area contributed by atoms with Crippen molar-refractivity contribution in [1.82, 2.24) is 4.90 Å². The lowest BCUT2D eigenvalue weighted by Gasteiger charge is -2.29. The van der Waals surface area contributed by atoms with Gasteiger partial charge >= 0.3 is 0 Å². The maximum atomic E-state index is 12.5. The summed E-state index contributed by atoms with van der Waals surface area (Å²) in [7, 11) is 3.30. The molecule has 4 heteroatoms. The van der Waals surface area contributed by atoms with Crippen molar-refractivity contribution < 1.29 is 14.3 Å². The minimum absolute atomic E-state index is 0.166. The van der Waals surface area contributed by atoms with Gasteiger partial charge in [0.15, 0.2) is 17.3 Å². The Kier molecular flexibility index (Phi) is 4.86. The van der Waals surface area contributed by atoms with Crippen LogP contribution >= 0.6 is 0 Å². The zero-order valence-electron chi connectivity index (χ0n) is 14.5. The van der Waals surface area contributed by atoms with E-state index in [9.17, 15) is 4.79 Å². The predicted octanol–water partition coefficient (Wildman–Crippen LogP) is 3.25. The highest BCUT2D eigenvalue weighted by Gasteiger charge is 2.21. The molecule has 126 valence electrons. The van der Waals surface area contributed by atoms with E-state index >= 15 is 0 Å². The Hall–Kier alpha value is -2.33. The lowest BCUT2D eigenvalue weighted by Crippen LogP contribution is -2.35. The quantitative estimate of drug-likeness (QED) is 0.791. The molecule has 0 N–H and O–H groups in total. The summed E-state index contributed by atoms with van der Waals surface area (Å²) in [5.41, 5.74) is 4.42. The molecule has 24 heavy (non-hydrogen) atoms. The zero-order valence-corrected chi connectivity index (χ0v) is 14.5. The molecule has 0 spiro atoms. The van der Waals surface area contributed by atoms with Gasteiger partial charge in [-0.1, -0.05) is 29.8 Å². The van der Waals surface area contributed by atoms with E-state index in [2.05, 4.69) is 4.90 Å².